The molecule has 0 radical (unpaired) electrons. The Balaban J connectivity index is 1.72. The molecule has 0 spiro atoms. The summed E-state index contributed by atoms with van der Waals surface area (Å²) in [5.41, 5.74) is 0. The minimum absolute atomic E-state index is 0.171. The van der Waals surface area contributed by atoms with Gasteiger partial charge in [0.1, 0.15) is 12.4 Å². The van der Waals surface area contributed by atoms with E-state index in [-0.39, 0.29) is 6.10 Å². The van der Waals surface area contributed by atoms with Crippen molar-refractivity contribution in [1.82, 2.24) is 4.90 Å². The molecule has 1 aliphatic rings. The van der Waals surface area contributed by atoms with Gasteiger partial charge in [-0.05, 0) is 37.6 Å². The highest BCUT2D eigenvalue weighted by Gasteiger charge is 2.16. The van der Waals surface area contributed by atoms with Gasteiger partial charge < -0.3 is 9.84 Å². The van der Waals surface area contributed by atoms with Crippen molar-refractivity contribution in [2.24, 2.45) is 0 Å². The number of nitrogens with zero attached hydrogens (tertiary/aromatic N) is 1. The average molecular weight is 256 g/mol. The highest BCUT2D eigenvalue weighted by Crippen LogP contribution is 2.17. The topological polar surface area (TPSA) is 32.7 Å². The van der Waals surface area contributed by atoms with Crippen molar-refractivity contribution in [3.63, 3.8) is 0 Å². The zero-order valence-electron chi connectivity index (χ0n) is 9.81. The predicted octanol–water partition coefficient (Wildman–Crippen LogP) is 2.18. The molecule has 1 atom stereocenters. The van der Waals surface area contributed by atoms with Crippen LogP contribution in [0, 0.1) is 0 Å². The van der Waals surface area contributed by atoms with Gasteiger partial charge in [0.05, 0.1) is 6.10 Å². The summed E-state index contributed by atoms with van der Waals surface area (Å²) in [5, 5.41) is 10.2. The van der Waals surface area contributed by atoms with E-state index in [9.17, 15) is 5.11 Å². The third-order valence-electron chi connectivity index (χ3n) is 2.95. The SMILES string of the molecule is OC1CCCN(CCOc2cccc(Cl)c2)C1. The van der Waals surface area contributed by atoms with Crippen molar-refractivity contribution in [2.75, 3.05) is 26.2 Å². The van der Waals surface area contributed by atoms with Gasteiger partial charge in [-0.25, -0.2) is 0 Å². The lowest BCUT2D eigenvalue weighted by Crippen LogP contribution is -2.40. The van der Waals surface area contributed by atoms with E-state index in [4.69, 9.17) is 16.3 Å². The minimum Gasteiger partial charge on any atom is -0.492 e. The first-order valence-corrected chi connectivity index (χ1v) is 6.40. The van der Waals surface area contributed by atoms with E-state index in [1.54, 1.807) is 0 Å². The molecule has 0 aliphatic carbocycles. The lowest BCUT2D eigenvalue weighted by atomic mass is 10.1. The number of rotatable bonds is 4. The third kappa shape index (κ3) is 4.19. The predicted molar refractivity (Wildman–Crippen MR) is 68.6 cm³/mol. The van der Waals surface area contributed by atoms with Crippen molar-refractivity contribution in [1.29, 1.82) is 0 Å². The van der Waals surface area contributed by atoms with E-state index in [2.05, 4.69) is 4.90 Å². The highest BCUT2D eigenvalue weighted by molar-refractivity contribution is 6.30. The molecule has 17 heavy (non-hydrogen) atoms. The van der Waals surface area contributed by atoms with Gasteiger partial charge in [0.15, 0.2) is 0 Å². The molecule has 1 aromatic carbocycles. The molecule has 0 aromatic heterocycles. The smallest absolute Gasteiger partial charge is 0.120 e. The fourth-order valence-electron chi connectivity index (χ4n) is 2.08. The fourth-order valence-corrected chi connectivity index (χ4v) is 2.26. The second-order valence-electron chi connectivity index (χ2n) is 4.40. The standard InChI is InChI=1S/C13H18ClNO2/c14-11-3-1-5-13(9-11)17-8-7-15-6-2-4-12(16)10-15/h1,3,5,9,12,16H,2,4,6-8,10H2. The Morgan fingerprint density at radius 2 is 2.35 bits per heavy atom. The van der Waals surface area contributed by atoms with Gasteiger partial charge >= 0.3 is 0 Å². The summed E-state index contributed by atoms with van der Waals surface area (Å²) in [6.45, 7) is 3.30. The minimum atomic E-state index is -0.171. The van der Waals surface area contributed by atoms with Crippen LogP contribution in [0.15, 0.2) is 24.3 Å². The number of aliphatic hydroxyl groups excluding tert-OH is 1. The van der Waals surface area contributed by atoms with Crippen LogP contribution < -0.4 is 4.74 Å². The number of hydrogen-bond acceptors (Lipinski definition) is 3. The molecule has 1 N–H and O–H groups in total. The Labute approximate surface area is 107 Å². The van der Waals surface area contributed by atoms with E-state index in [0.29, 0.717) is 11.6 Å². The summed E-state index contributed by atoms with van der Waals surface area (Å²) in [7, 11) is 0. The van der Waals surface area contributed by atoms with E-state index >= 15 is 0 Å². The highest BCUT2D eigenvalue weighted by atomic mass is 35.5. The molecule has 3 nitrogen and oxygen atoms in total. The molecule has 4 heteroatoms. The first-order valence-electron chi connectivity index (χ1n) is 6.03. The number of ether oxygens (including phenoxy) is 1. The van der Waals surface area contributed by atoms with Crippen LogP contribution in [0.3, 0.4) is 0 Å². The molecule has 0 amide bonds. The van der Waals surface area contributed by atoms with Gasteiger partial charge in [-0.1, -0.05) is 17.7 Å². The quantitative estimate of drug-likeness (QED) is 0.895. The molecule has 1 unspecified atom stereocenters. The molecule has 1 saturated heterocycles. The Hall–Kier alpha value is -0.770. The van der Waals surface area contributed by atoms with Crippen molar-refractivity contribution in [2.45, 2.75) is 18.9 Å². The summed E-state index contributed by atoms with van der Waals surface area (Å²) < 4.78 is 5.62. The first kappa shape index (κ1) is 12.7. The molecule has 0 saturated carbocycles. The number of piperidine rings is 1. The average Bonchev–Trinajstić information content (AvgIpc) is 2.29. The zero-order valence-corrected chi connectivity index (χ0v) is 10.6. The van der Waals surface area contributed by atoms with Crippen LogP contribution in [0.5, 0.6) is 5.75 Å². The van der Waals surface area contributed by atoms with Crippen LogP contribution >= 0.6 is 11.6 Å². The number of β-amino-alcohol motifs (C(OH)–C–C–N with tert-alkyl or cyclic N) is 1. The van der Waals surface area contributed by atoms with Crippen LogP contribution in [0.2, 0.25) is 5.02 Å². The van der Waals surface area contributed by atoms with E-state index in [1.807, 2.05) is 24.3 Å². The van der Waals surface area contributed by atoms with Crippen molar-refractivity contribution >= 4 is 11.6 Å². The number of aliphatic hydroxyl groups is 1. The van der Waals surface area contributed by atoms with Crippen LogP contribution in [0.25, 0.3) is 0 Å². The van der Waals surface area contributed by atoms with Crippen LogP contribution in [0.4, 0.5) is 0 Å². The molecule has 2 rings (SSSR count). The molecule has 0 bridgehead atoms. The summed E-state index contributed by atoms with van der Waals surface area (Å²) >= 11 is 5.87. The zero-order chi connectivity index (χ0) is 12.1. The summed E-state index contributed by atoms with van der Waals surface area (Å²) in [4.78, 5) is 2.23. The van der Waals surface area contributed by atoms with Gasteiger partial charge in [-0.2, -0.15) is 0 Å². The Morgan fingerprint density at radius 1 is 1.47 bits per heavy atom. The third-order valence-corrected chi connectivity index (χ3v) is 3.19. The maximum atomic E-state index is 9.53. The molecule has 1 aliphatic heterocycles. The summed E-state index contributed by atoms with van der Waals surface area (Å²) in [6, 6.07) is 7.42. The van der Waals surface area contributed by atoms with E-state index in [0.717, 1.165) is 38.2 Å². The van der Waals surface area contributed by atoms with E-state index < -0.39 is 0 Å². The Kier molecular flexibility index (Phi) is 4.66. The normalized spacial score (nSPS) is 21.4. The largest absolute Gasteiger partial charge is 0.492 e. The number of likely N-dealkylation sites (tertiary alicyclic amines) is 1. The summed E-state index contributed by atoms with van der Waals surface area (Å²) in [5.74, 6) is 0.801. The monoisotopic (exact) mass is 255 g/mol. The lowest BCUT2D eigenvalue weighted by Gasteiger charge is -2.29. The molecular formula is C13H18ClNO2. The van der Waals surface area contributed by atoms with Gasteiger partial charge in [0.25, 0.3) is 0 Å². The van der Waals surface area contributed by atoms with Crippen LogP contribution in [-0.2, 0) is 0 Å². The number of benzene rings is 1. The molecule has 1 fully saturated rings. The number of halogens is 1. The second-order valence-corrected chi connectivity index (χ2v) is 4.84. The molecule has 1 aromatic rings. The first-order chi connectivity index (χ1) is 8.24. The molecule has 1 heterocycles. The van der Waals surface area contributed by atoms with Crippen LogP contribution in [-0.4, -0.2) is 42.4 Å². The maximum absolute atomic E-state index is 9.53. The second kappa shape index (κ2) is 6.24. The fraction of sp³-hybridized carbons (Fsp3) is 0.538. The van der Waals surface area contributed by atoms with Crippen molar-refractivity contribution in [3.8, 4) is 5.75 Å². The van der Waals surface area contributed by atoms with Crippen LogP contribution in [0.1, 0.15) is 12.8 Å². The van der Waals surface area contributed by atoms with E-state index in [1.165, 1.54) is 0 Å². The number of hydrogen-bond donors (Lipinski definition) is 1. The Morgan fingerprint density at radius 3 is 3.12 bits per heavy atom. The van der Waals surface area contributed by atoms with Crippen molar-refractivity contribution < 1.29 is 9.84 Å². The van der Waals surface area contributed by atoms with Gasteiger partial charge in [-0.15, -0.1) is 0 Å². The summed E-state index contributed by atoms with van der Waals surface area (Å²) in [6.07, 6.45) is 1.82. The Bertz CT molecular complexity index is 359. The maximum Gasteiger partial charge on any atom is 0.120 e. The lowest BCUT2D eigenvalue weighted by molar-refractivity contribution is 0.0633. The van der Waals surface area contributed by atoms with Crippen molar-refractivity contribution in [3.05, 3.63) is 29.3 Å². The van der Waals surface area contributed by atoms with Gasteiger partial charge in [0.2, 0.25) is 0 Å². The van der Waals surface area contributed by atoms with Gasteiger partial charge in [0, 0.05) is 18.1 Å². The molecule has 94 valence electrons. The van der Waals surface area contributed by atoms with Gasteiger partial charge in [-0.3, -0.25) is 4.90 Å². The molecular weight excluding hydrogens is 238 g/mol.